The summed E-state index contributed by atoms with van der Waals surface area (Å²) >= 11 is 0. The molecular formula is Al2O8PS+. The molecule has 0 saturated heterocycles. The van der Waals surface area contributed by atoms with Crippen LogP contribution in [0.25, 0.3) is 0 Å². The number of rotatable bonds is 0. The molecule has 0 fully saturated rings. The Bertz CT molecular complexity index is 195. The molecule has 0 heterocycles. The number of hydrogen-bond acceptors (Lipinski definition) is 8. The monoisotopic (exact) mass is 245 g/mol. The molecule has 12 heteroatoms. The molecule has 0 unspecified atom stereocenters. The molecule has 8 nitrogen and oxygen atoms in total. The van der Waals surface area contributed by atoms with Gasteiger partial charge in [0, 0.05) is 10.4 Å². The minimum Gasteiger partial charge on any atom is -0.822 e. The Morgan fingerprint density at radius 1 is 0.917 bits per heavy atom. The van der Waals surface area contributed by atoms with Gasteiger partial charge in [-0.25, -0.2) is 0 Å². The van der Waals surface area contributed by atoms with E-state index in [-0.39, 0.29) is 34.7 Å². The van der Waals surface area contributed by atoms with Crippen molar-refractivity contribution in [3.63, 3.8) is 0 Å². The van der Waals surface area contributed by atoms with E-state index in [2.05, 4.69) is 0 Å². The number of hydrogen-bond donors (Lipinski definition) is 0. The van der Waals surface area contributed by atoms with Crippen molar-refractivity contribution in [2.45, 2.75) is 0 Å². The van der Waals surface area contributed by atoms with Gasteiger partial charge in [0.05, 0.1) is 0 Å². The van der Waals surface area contributed by atoms with Crippen molar-refractivity contribution in [2.24, 2.45) is 0 Å². The third-order valence-electron chi connectivity index (χ3n) is 0. The van der Waals surface area contributed by atoms with Gasteiger partial charge < -0.3 is 28.4 Å². The van der Waals surface area contributed by atoms with Crippen LogP contribution in [-0.2, 0) is 15.0 Å². The molecule has 0 bridgehead atoms. The summed E-state index contributed by atoms with van der Waals surface area (Å²) in [6, 6.07) is 0. The molecule has 0 aliphatic carbocycles. The third-order valence-corrected chi connectivity index (χ3v) is 0. The molecule has 0 atom stereocenters. The fourth-order valence-corrected chi connectivity index (χ4v) is 0. The molecule has 0 aromatic carbocycles. The molecule has 0 saturated carbocycles. The second kappa shape index (κ2) is 8.63. The van der Waals surface area contributed by atoms with Crippen molar-refractivity contribution in [1.29, 1.82) is 0 Å². The Labute approximate surface area is 89.7 Å². The molecule has 0 spiro atoms. The molecule has 0 aromatic rings. The quantitative estimate of drug-likeness (QED) is 0.177. The zero-order valence-corrected chi connectivity index (χ0v) is 9.30. The Kier molecular flexibility index (Phi) is 16.6. The molecule has 0 aliphatic rings. The van der Waals surface area contributed by atoms with E-state index in [9.17, 15) is 0 Å². The molecular weight excluding hydrogens is 245 g/mol. The summed E-state index contributed by atoms with van der Waals surface area (Å²) in [5, 5.41) is 0. The SMILES string of the molecule is O=P([O-])([O-])[O-].O=S(=O)([O-])[O-].[Al+3].[Al+3]. The van der Waals surface area contributed by atoms with Gasteiger partial charge in [0.2, 0.25) is 0 Å². The van der Waals surface area contributed by atoms with E-state index in [1.807, 2.05) is 0 Å². The van der Waals surface area contributed by atoms with Crippen LogP contribution < -0.4 is 14.7 Å². The average Bonchev–Trinajstić information content (AvgIpc) is 1.12. The standard InChI is InChI=1S/2Al.H3O4P.H2O4S/c;;2*1-5(2,3)4/h;;(H3,1,2,3,4);(H2,1,2,3,4)/q2*+3;;/p-5. The van der Waals surface area contributed by atoms with Crippen LogP contribution in [0.2, 0.25) is 0 Å². The Morgan fingerprint density at radius 2 is 0.917 bits per heavy atom. The fraction of sp³-hybridized carbons (Fsp3) is 0. The smallest absolute Gasteiger partial charge is 0.822 e. The molecule has 0 radical (unpaired) electrons. The summed E-state index contributed by atoms with van der Waals surface area (Å²) in [7, 11) is -10.6. The van der Waals surface area contributed by atoms with Gasteiger partial charge in [-0.15, -0.1) is 0 Å². The topological polar surface area (TPSA) is 167 Å². The predicted octanol–water partition coefficient (Wildman–Crippen LogP) is -4.92. The first kappa shape index (κ1) is 23.1. The zero-order chi connectivity index (χ0) is 9.00. The van der Waals surface area contributed by atoms with Crippen LogP contribution in [0.4, 0.5) is 0 Å². The second-order valence-electron chi connectivity index (χ2n) is 0.855. The third kappa shape index (κ3) is 1020. The van der Waals surface area contributed by atoms with Crippen molar-refractivity contribution in [3.8, 4) is 0 Å². The molecule has 0 aliphatic heterocycles. The van der Waals surface area contributed by atoms with Crippen molar-refractivity contribution in [2.75, 3.05) is 0 Å². The van der Waals surface area contributed by atoms with Crippen LogP contribution in [0.15, 0.2) is 0 Å². The molecule has 0 aromatic heterocycles. The first-order valence-electron chi connectivity index (χ1n) is 1.40. The first-order chi connectivity index (χ1) is 4.00. The maximum Gasteiger partial charge on any atom is 3.00 e. The van der Waals surface area contributed by atoms with Crippen LogP contribution in [0.1, 0.15) is 0 Å². The molecule has 64 valence electrons. The zero-order valence-electron chi connectivity index (χ0n) is 5.28. The minimum absolute atomic E-state index is 0. The maximum absolute atomic E-state index is 8.55. The fourth-order valence-electron chi connectivity index (χ4n) is 0. The predicted molar refractivity (Wildman–Crippen MR) is 29.6 cm³/mol. The van der Waals surface area contributed by atoms with Crippen LogP contribution in [0.5, 0.6) is 0 Å². The summed E-state index contributed by atoms with van der Waals surface area (Å²) in [6.45, 7) is 0. The second-order valence-corrected chi connectivity index (χ2v) is 2.57. The first-order valence-corrected chi connectivity index (χ1v) is 4.19. The summed E-state index contributed by atoms with van der Waals surface area (Å²) < 4.78 is 42.6. The summed E-state index contributed by atoms with van der Waals surface area (Å²) in [5.41, 5.74) is 0. The molecule has 0 amide bonds. The van der Waals surface area contributed by atoms with Crippen molar-refractivity contribution < 1.29 is 36.8 Å². The number of phosphoric acid groups is 1. The molecule has 12 heavy (non-hydrogen) atoms. The van der Waals surface area contributed by atoms with E-state index < -0.39 is 18.2 Å². The van der Waals surface area contributed by atoms with Crippen LogP contribution in [0.3, 0.4) is 0 Å². The van der Waals surface area contributed by atoms with Crippen LogP contribution >= 0.6 is 7.82 Å². The van der Waals surface area contributed by atoms with Crippen molar-refractivity contribution in [3.05, 3.63) is 0 Å². The van der Waals surface area contributed by atoms with E-state index in [0.717, 1.165) is 0 Å². The van der Waals surface area contributed by atoms with Gasteiger partial charge in [0.1, 0.15) is 0 Å². The summed E-state index contributed by atoms with van der Waals surface area (Å²) in [6.07, 6.45) is 0. The largest absolute Gasteiger partial charge is 3.00 e. The Balaban J connectivity index is -0.0000000457. The Hall–Kier alpha value is 1.04. The van der Waals surface area contributed by atoms with Crippen LogP contribution in [-0.4, -0.2) is 52.2 Å². The average molecular weight is 245 g/mol. The van der Waals surface area contributed by atoms with Crippen molar-refractivity contribution >= 4 is 52.9 Å². The van der Waals surface area contributed by atoms with E-state index in [4.69, 9.17) is 36.8 Å². The van der Waals surface area contributed by atoms with E-state index >= 15 is 0 Å². The normalized spacial score (nSPS) is 9.75. The van der Waals surface area contributed by atoms with Gasteiger partial charge in [-0.1, -0.05) is 0 Å². The van der Waals surface area contributed by atoms with Crippen molar-refractivity contribution in [1.82, 2.24) is 0 Å². The van der Waals surface area contributed by atoms with Gasteiger partial charge in [-0.3, -0.25) is 8.42 Å². The van der Waals surface area contributed by atoms with Gasteiger partial charge in [0.15, 0.2) is 0 Å². The maximum atomic E-state index is 8.55. The summed E-state index contributed by atoms with van der Waals surface area (Å²) in [4.78, 5) is 25.6. The summed E-state index contributed by atoms with van der Waals surface area (Å²) in [5.74, 6) is 0. The van der Waals surface area contributed by atoms with E-state index in [1.54, 1.807) is 0 Å². The Morgan fingerprint density at radius 3 is 0.917 bits per heavy atom. The molecule has 0 N–H and O–H groups in total. The van der Waals surface area contributed by atoms with Gasteiger partial charge in [-0.2, -0.15) is 7.82 Å². The van der Waals surface area contributed by atoms with Gasteiger partial charge >= 0.3 is 34.7 Å². The van der Waals surface area contributed by atoms with Crippen LogP contribution in [0, 0.1) is 0 Å². The van der Waals surface area contributed by atoms with Gasteiger partial charge in [0.25, 0.3) is 0 Å². The minimum atomic E-state index is -5.39. The van der Waals surface area contributed by atoms with E-state index in [1.165, 1.54) is 0 Å². The van der Waals surface area contributed by atoms with Gasteiger partial charge in [-0.05, 0) is 0 Å². The molecule has 0 rings (SSSR count). The van der Waals surface area contributed by atoms with E-state index in [0.29, 0.717) is 0 Å².